The topological polar surface area (TPSA) is 89.1 Å². The van der Waals surface area contributed by atoms with E-state index in [1.165, 1.54) is 6.07 Å². The van der Waals surface area contributed by atoms with Gasteiger partial charge in [-0.1, -0.05) is 6.07 Å². The molecule has 1 aliphatic rings. The van der Waals surface area contributed by atoms with Crippen molar-refractivity contribution in [1.29, 1.82) is 0 Å². The van der Waals surface area contributed by atoms with Crippen molar-refractivity contribution >= 4 is 34.0 Å². The van der Waals surface area contributed by atoms with Crippen molar-refractivity contribution in [2.45, 2.75) is 32.9 Å². The van der Waals surface area contributed by atoms with E-state index in [4.69, 9.17) is 5.73 Å². The van der Waals surface area contributed by atoms with Crippen molar-refractivity contribution in [3.05, 3.63) is 42.0 Å². The molecule has 0 unspecified atom stereocenters. The molecule has 1 aliphatic heterocycles. The van der Waals surface area contributed by atoms with Crippen LogP contribution in [0.2, 0.25) is 0 Å². The summed E-state index contributed by atoms with van der Waals surface area (Å²) in [7, 11) is 0. The number of rotatable bonds is 3. The molecule has 0 fully saturated rings. The highest BCUT2D eigenvalue weighted by molar-refractivity contribution is 5.94. The lowest BCUT2D eigenvalue weighted by Crippen LogP contribution is -2.38. The first kappa shape index (κ1) is 17.3. The van der Waals surface area contributed by atoms with Crippen molar-refractivity contribution in [3.63, 3.8) is 0 Å². The molecule has 4 rings (SSSR count). The maximum absolute atomic E-state index is 13.6. The van der Waals surface area contributed by atoms with Crippen LogP contribution in [0.5, 0.6) is 0 Å². The Hall–Kier alpha value is -3.16. The Kier molecular flexibility index (Phi) is 4.18. The van der Waals surface area contributed by atoms with E-state index in [9.17, 15) is 9.18 Å². The number of aromatic nitrogens is 3. The summed E-state index contributed by atoms with van der Waals surface area (Å²) in [5.41, 5.74) is 6.85. The Bertz CT molecular complexity index is 1030. The number of halogens is 1. The zero-order valence-corrected chi connectivity index (χ0v) is 15.2. The van der Waals surface area contributed by atoms with Crippen molar-refractivity contribution in [2.75, 3.05) is 17.6 Å². The van der Waals surface area contributed by atoms with Gasteiger partial charge in [-0.25, -0.2) is 9.37 Å². The molecule has 27 heavy (non-hydrogen) atoms. The average molecular weight is 368 g/mol. The van der Waals surface area contributed by atoms with Crippen molar-refractivity contribution in [2.24, 2.45) is 0 Å². The number of amides is 1. The number of nitrogens with zero attached hydrogens (tertiary/aromatic N) is 4. The average Bonchev–Trinajstić information content (AvgIpc) is 2.91. The minimum Gasteiger partial charge on any atom is -0.396 e. The van der Waals surface area contributed by atoms with Gasteiger partial charge >= 0.3 is 0 Å². The lowest BCUT2D eigenvalue weighted by atomic mass is 10.1. The van der Waals surface area contributed by atoms with Gasteiger partial charge in [-0.3, -0.25) is 9.48 Å². The van der Waals surface area contributed by atoms with E-state index in [1.807, 2.05) is 24.8 Å². The van der Waals surface area contributed by atoms with Gasteiger partial charge in [0.25, 0.3) is 0 Å². The number of carbonyl (C=O) groups is 1. The lowest BCUT2D eigenvalue weighted by molar-refractivity contribution is -0.133. The predicted molar refractivity (Wildman–Crippen MR) is 102 cm³/mol. The molecule has 2 aromatic heterocycles. The van der Waals surface area contributed by atoms with Crippen molar-refractivity contribution < 1.29 is 9.18 Å². The van der Waals surface area contributed by atoms with Crippen LogP contribution >= 0.6 is 0 Å². The molecule has 1 amide bonds. The van der Waals surface area contributed by atoms with Crippen LogP contribution in [0.25, 0.3) is 10.8 Å². The SMILES string of the molecule is CC(C)N1CCc2cc(Nc3cc4ccc(F)c(N)c4cn3)nn2CC1=O. The smallest absolute Gasteiger partial charge is 0.244 e. The summed E-state index contributed by atoms with van der Waals surface area (Å²) < 4.78 is 15.3. The second-order valence-electron chi connectivity index (χ2n) is 6.99. The zero-order valence-electron chi connectivity index (χ0n) is 15.2. The quantitative estimate of drug-likeness (QED) is 0.694. The van der Waals surface area contributed by atoms with E-state index >= 15 is 0 Å². The molecule has 0 spiro atoms. The number of fused-ring (bicyclic) bond motifs is 2. The number of nitrogen functional groups attached to an aromatic ring is 1. The van der Waals surface area contributed by atoms with Crippen LogP contribution < -0.4 is 11.1 Å². The molecular formula is C19H21FN6O. The third-order valence-electron chi connectivity index (χ3n) is 4.85. The molecule has 0 saturated heterocycles. The normalized spacial score (nSPS) is 14.5. The van der Waals surface area contributed by atoms with Gasteiger partial charge in [-0.05, 0) is 31.4 Å². The minimum atomic E-state index is -0.456. The Morgan fingerprint density at radius 2 is 2.07 bits per heavy atom. The summed E-state index contributed by atoms with van der Waals surface area (Å²) in [6.07, 6.45) is 2.29. The molecule has 0 bridgehead atoms. The number of nitrogens with two attached hydrogens (primary N) is 1. The highest BCUT2D eigenvalue weighted by atomic mass is 19.1. The van der Waals surface area contributed by atoms with E-state index in [0.717, 1.165) is 17.5 Å². The van der Waals surface area contributed by atoms with Crippen LogP contribution in [0.15, 0.2) is 30.5 Å². The van der Waals surface area contributed by atoms with Gasteiger partial charge in [0.1, 0.15) is 18.2 Å². The minimum absolute atomic E-state index is 0.0692. The first-order valence-corrected chi connectivity index (χ1v) is 8.89. The summed E-state index contributed by atoms with van der Waals surface area (Å²) in [4.78, 5) is 18.5. The summed E-state index contributed by atoms with van der Waals surface area (Å²) in [5, 5.41) is 9.01. The summed E-state index contributed by atoms with van der Waals surface area (Å²) in [6.45, 7) is 4.95. The Morgan fingerprint density at radius 3 is 2.85 bits per heavy atom. The molecule has 3 N–H and O–H groups in total. The summed E-state index contributed by atoms with van der Waals surface area (Å²) in [6, 6.07) is 6.91. The second kappa shape index (κ2) is 6.53. The zero-order chi connectivity index (χ0) is 19.1. The van der Waals surface area contributed by atoms with E-state index < -0.39 is 5.82 Å². The summed E-state index contributed by atoms with van der Waals surface area (Å²) in [5.74, 6) is 0.817. The fourth-order valence-corrected chi connectivity index (χ4v) is 3.39. The number of anilines is 3. The van der Waals surface area contributed by atoms with Crippen LogP contribution in [-0.2, 0) is 17.8 Å². The molecule has 7 nitrogen and oxygen atoms in total. The number of pyridine rings is 1. The number of hydrogen-bond donors (Lipinski definition) is 2. The van der Waals surface area contributed by atoms with Gasteiger partial charge < -0.3 is 16.0 Å². The van der Waals surface area contributed by atoms with E-state index in [-0.39, 0.29) is 24.2 Å². The predicted octanol–water partition coefficient (Wildman–Crippen LogP) is 2.69. The fraction of sp³-hybridized carbons (Fsp3) is 0.316. The van der Waals surface area contributed by atoms with E-state index in [2.05, 4.69) is 15.4 Å². The highest BCUT2D eigenvalue weighted by Crippen LogP contribution is 2.26. The maximum Gasteiger partial charge on any atom is 0.244 e. The van der Waals surface area contributed by atoms with Gasteiger partial charge in [0, 0.05) is 42.4 Å². The molecule has 3 aromatic rings. The molecule has 1 aromatic carbocycles. The van der Waals surface area contributed by atoms with E-state index in [0.29, 0.717) is 23.6 Å². The van der Waals surface area contributed by atoms with Crippen LogP contribution in [-0.4, -0.2) is 38.2 Å². The van der Waals surface area contributed by atoms with Gasteiger partial charge in [0.15, 0.2) is 5.82 Å². The molecule has 3 heterocycles. The van der Waals surface area contributed by atoms with Gasteiger partial charge in [-0.15, -0.1) is 0 Å². The number of hydrogen-bond acceptors (Lipinski definition) is 5. The number of carbonyl (C=O) groups excluding carboxylic acids is 1. The largest absolute Gasteiger partial charge is 0.396 e. The lowest BCUT2D eigenvalue weighted by Gasteiger charge is -2.24. The van der Waals surface area contributed by atoms with Gasteiger partial charge in [0.05, 0.1) is 5.69 Å². The Balaban J connectivity index is 1.58. The second-order valence-corrected chi connectivity index (χ2v) is 6.99. The molecule has 0 aliphatic carbocycles. The fourth-order valence-electron chi connectivity index (χ4n) is 3.39. The molecule has 140 valence electrons. The molecular weight excluding hydrogens is 347 g/mol. The van der Waals surface area contributed by atoms with Crippen LogP contribution in [0.4, 0.5) is 21.7 Å². The van der Waals surface area contributed by atoms with Crippen molar-refractivity contribution in [1.82, 2.24) is 19.7 Å². The van der Waals surface area contributed by atoms with Crippen LogP contribution in [0.3, 0.4) is 0 Å². The number of benzene rings is 1. The van der Waals surface area contributed by atoms with Crippen molar-refractivity contribution in [3.8, 4) is 0 Å². The summed E-state index contributed by atoms with van der Waals surface area (Å²) >= 11 is 0. The standard InChI is InChI=1S/C19H21FN6O/c1-11(2)25-6-5-13-8-17(24-26(13)10-18(25)27)23-16-7-12-3-4-15(20)19(21)14(12)9-22-16/h3-4,7-9,11H,5-6,10,21H2,1-2H3,(H,22,23,24). The molecule has 0 saturated carbocycles. The maximum atomic E-state index is 13.6. The van der Waals surface area contributed by atoms with Crippen LogP contribution in [0.1, 0.15) is 19.5 Å². The Morgan fingerprint density at radius 1 is 1.26 bits per heavy atom. The first-order valence-electron chi connectivity index (χ1n) is 8.89. The highest BCUT2D eigenvalue weighted by Gasteiger charge is 2.23. The molecule has 0 radical (unpaired) electrons. The molecule has 8 heteroatoms. The Labute approximate surface area is 156 Å². The van der Waals surface area contributed by atoms with E-state index in [1.54, 1.807) is 23.0 Å². The first-order chi connectivity index (χ1) is 12.9. The van der Waals surface area contributed by atoms with Crippen LogP contribution in [0, 0.1) is 5.82 Å². The van der Waals surface area contributed by atoms with Gasteiger partial charge in [0.2, 0.25) is 5.91 Å². The monoisotopic (exact) mass is 368 g/mol. The number of nitrogens with one attached hydrogen (secondary N) is 1. The third-order valence-corrected chi connectivity index (χ3v) is 4.85. The third kappa shape index (κ3) is 3.18. The van der Waals surface area contributed by atoms with Gasteiger partial charge in [-0.2, -0.15) is 5.10 Å². The molecule has 0 atom stereocenters.